The highest BCUT2D eigenvalue weighted by atomic mass is 127. The number of guanidine groups is 1. The molecular weight excluding hydrogens is 477 g/mol. The molecule has 0 saturated carbocycles. The predicted molar refractivity (Wildman–Crippen MR) is 130 cm³/mol. The Balaban J connectivity index is 0.00000300. The molecule has 1 saturated heterocycles. The van der Waals surface area contributed by atoms with Gasteiger partial charge >= 0.3 is 0 Å². The van der Waals surface area contributed by atoms with Gasteiger partial charge in [0.15, 0.2) is 11.7 Å². The van der Waals surface area contributed by atoms with Gasteiger partial charge in [-0.2, -0.15) is 0 Å². The van der Waals surface area contributed by atoms with Gasteiger partial charge in [-0.15, -0.1) is 24.0 Å². The maximum atomic E-state index is 5.50. The van der Waals surface area contributed by atoms with E-state index in [0.717, 1.165) is 56.2 Å². The van der Waals surface area contributed by atoms with Crippen molar-refractivity contribution in [3.8, 4) is 0 Å². The number of nitrogens with zero attached hydrogens (tertiary/aromatic N) is 3. The quantitative estimate of drug-likeness (QED) is 0.325. The first-order valence-corrected chi connectivity index (χ1v) is 10.5. The van der Waals surface area contributed by atoms with Gasteiger partial charge in [-0.3, -0.25) is 4.99 Å². The van der Waals surface area contributed by atoms with Crippen LogP contribution < -0.4 is 15.5 Å². The van der Waals surface area contributed by atoms with Gasteiger partial charge in [0.25, 0.3) is 0 Å². The summed E-state index contributed by atoms with van der Waals surface area (Å²) in [5, 5.41) is 11.1. The molecule has 1 aromatic carbocycles. The average Bonchev–Trinajstić information content (AvgIpc) is 3.22. The largest absolute Gasteiger partial charge is 0.371 e. The molecule has 7 heteroatoms. The Labute approximate surface area is 191 Å². The summed E-state index contributed by atoms with van der Waals surface area (Å²) in [7, 11) is 1.81. The van der Waals surface area contributed by atoms with E-state index in [0.29, 0.717) is 18.5 Å². The smallest absolute Gasteiger partial charge is 0.191 e. The van der Waals surface area contributed by atoms with E-state index in [1.165, 1.54) is 5.69 Å². The van der Waals surface area contributed by atoms with Gasteiger partial charge in [0.05, 0.1) is 12.2 Å². The maximum Gasteiger partial charge on any atom is 0.191 e. The molecule has 2 N–H and O–H groups in total. The molecule has 1 aromatic heterocycles. The highest BCUT2D eigenvalue weighted by Crippen LogP contribution is 2.22. The van der Waals surface area contributed by atoms with Crippen molar-refractivity contribution in [1.82, 2.24) is 15.8 Å². The van der Waals surface area contributed by atoms with Crippen LogP contribution in [0.5, 0.6) is 0 Å². The molecule has 0 spiro atoms. The van der Waals surface area contributed by atoms with Crippen LogP contribution >= 0.6 is 24.0 Å². The lowest BCUT2D eigenvalue weighted by atomic mass is 9.99. The van der Waals surface area contributed by atoms with Crippen LogP contribution in [0.3, 0.4) is 0 Å². The molecule has 1 fully saturated rings. The number of piperidine rings is 1. The van der Waals surface area contributed by atoms with E-state index >= 15 is 0 Å². The topological polar surface area (TPSA) is 65.7 Å². The molecule has 2 aromatic rings. The number of hydrogen-bond donors (Lipinski definition) is 2. The summed E-state index contributed by atoms with van der Waals surface area (Å²) in [6.07, 6.45) is 4.36. The van der Waals surface area contributed by atoms with Gasteiger partial charge in [-0.25, -0.2) is 0 Å². The Hall–Kier alpha value is -1.77. The lowest BCUT2D eigenvalue weighted by molar-refractivity contribution is 0.367. The number of aliphatic imine (C=N–C) groups is 1. The third kappa shape index (κ3) is 6.62. The summed E-state index contributed by atoms with van der Waals surface area (Å²) in [5.41, 5.74) is 2.36. The molecule has 1 aliphatic rings. The van der Waals surface area contributed by atoms with Crippen LogP contribution in [-0.2, 0) is 6.54 Å². The van der Waals surface area contributed by atoms with Gasteiger partial charge in [-0.05, 0) is 37.8 Å². The van der Waals surface area contributed by atoms with E-state index in [1.54, 1.807) is 0 Å². The Morgan fingerprint density at radius 1 is 1.21 bits per heavy atom. The predicted octanol–water partition coefficient (Wildman–Crippen LogP) is 4.53. The maximum absolute atomic E-state index is 5.50. The fourth-order valence-corrected chi connectivity index (χ4v) is 3.79. The van der Waals surface area contributed by atoms with Crippen molar-refractivity contribution in [2.24, 2.45) is 4.99 Å². The van der Waals surface area contributed by atoms with Crippen molar-refractivity contribution < 1.29 is 4.52 Å². The summed E-state index contributed by atoms with van der Waals surface area (Å²) in [6, 6.07) is 13.1. The highest BCUT2D eigenvalue weighted by Gasteiger charge is 2.20. The Morgan fingerprint density at radius 3 is 2.52 bits per heavy atom. The lowest BCUT2D eigenvalue weighted by Crippen LogP contribution is -2.48. The number of nitrogens with one attached hydrogen (secondary N) is 2. The van der Waals surface area contributed by atoms with E-state index in [9.17, 15) is 0 Å². The number of hydrogen-bond acceptors (Lipinski definition) is 4. The molecule has 0 bridgehead atoms. The molecule has 0 radical (unpaired) electrons. The first-order valence-electron chi connectivity index (χ1n) is 10.5. The molecule has 0 atom stereocenters. The summed E-state index contributed by atoms with van der Waals surface area (Å²) in [4.78, 5) is 6.81. The van der Waals surface area contributed by atoms with Crippen LogP contribution in [0.4, 0.5) is 5.69 Å². The zero-order chi connectivity index (χ0) is 19.8. The minimum Gasteiger partial charge on any atom is -0.371 e. The number of rotatable bonds is 7. The van der Waals surface area contributed by atoms with Crippen molar-refractivity contribution in [1.29, 1.82) is 0 Å². The minimum absolute atomic E-state index is 0. The number of halogens is 1. The molecule has 0 amide bonds. The SMILES string of the molecule is CCC(CC)c1cc(CNC(=NC)NC2CCN(c3ccccc3)CC2)on1.I. The number of para-hydroxylation sites is 1. The van der Waals surface area contributed by atoms with E-state index in [4.69, 9.17) is 4.52 Å². The highest BCUT2D eigenvalue weighted by molar-refractivity contribution is 14.0. The number of anilines is 1. The van der Waals surface area contributed by atoms with Gasteiger partial charge in [0.2, 0.25) is 0 Å². The zero-order valence-corrected chi connectivity index (χ0v) is 20.1. The van der Waals surface area contributed by atoms with Crippen molar-refractivity contribution >= 4 is 35.6 Å². The van der Waals surface area contributed by atoms with E-state index in [-0.39, 0.29) is 24.0 Å². The first kappa shape index (κ1) is 23.5. The Bertz CT molecular complexity index is 737. The molecule has 0 aliphatic carbocycles. The molecule has 3 rings (SSSR count). The van der Waals surface area contributed by atoms with Crippen molar-refractivity contribution in [3.05, 3.63) is 47.9 Å². The summed E-state index contributed by atoms with van der Waals surface area (Å²) in [5.74, 6) is 2.15. The van der Waals surface area contributed by atoms with Crippen LogP contribution in [0.1, 0.15) is 56.9 Å². The fourth-order valence-electron chi connectivity index (χ4n) is 3.79. The van der Waals surface area contributed by atoms with Gasteiger partial charge < -0.3 is 20.1 Å². The summed E-state index contributed by atoms with van der Waals surface area (Å²) < 4.78 is 5.50. The third-order valence-electron chi connectivity index (χ3n) is 5.59. The van der Waals surface area contributed by atoms with Gasteiger partial charge in [0.1, 0.15) is 0 Å². The van der Waals surface area contributed by atoms with E-state index < -0.39 is 0 Å². The summed E-state index contributed by atoms with van der Waals surface area (Å²) >= 11 is 0. The van der Waals surface area contributed by atoms with Crippen LogP contribution in [-0.4, -0.2) is 37.3 Å². The van der Waals surface area contributed by atoms with E-state index in [1.807, 2.05) is 7.05 Å². The lowest BCUT2D eigenvalue weighted by Gasteiger charge is -2.34. The molecular formula is C22H34IN5O. The van der Waals surface area contributed by atoms with Crippen LogP contribution in [0.25, 0.3) is 0 Å². The summed E-state index contributed by atoms with van der Waals surface area (Å²) in [6.45, 7) is 7.08. The number of benzene rings is 1. The van der Waals surface area contributed by atoms with E-state index in [2.05, 4.69) is 75.9 Å². The monoisotopic (exact) mass is 511 g/mol. The third-order valence-corrected chi connectivity index (χ3v) is 5.59. The normalized spacial score (nSPS) is 15.3. The number of aromatic nitrogens is 1. The molecule has 2 heterocycles. The van der Waals surface area contributed by atoms with Gasteiger partial charge in [0, 0.05) is 43.9 Å². The van der Waals surface area contributed by atoms with Crippen LogP contribution in [0.2, 0.25) is 0 Å². The second-order valence-electron chi connectivity index (χ2n) is 7.40. The van der Waals surface area contributed by atoms with Gasteiger partial charge in [-0.1, -0.05) is 37.2 Å². The first-order chi connectivity index (χ1) is 13.7. The Morgan fingerprint density at radius 2 is 1.90 bits per heavy atom. The molecule has 29 heavy (non-hydrogen) atoms. The Kier molecular flexibility index (Phi) is 9.76. The second kappa shape index (κ2) is 12.0. The molecule has 160 valence electrons. The second-order valence-corrected chi connectivity index (χ2v) is 7.40. The average molecular weight is 511 g/mol. The van der Waals surface area contributed by atoms with Crippen LogP contribution in [0.15, 0.2) is 45.9 Å². The van der Waals surface area contributed by atoms with Crippen LogP contribution in [0, 0.1) is 0 Å². The molecule has 1 aliphatic heterocycles. The molecule has 0 unspecified atom stereocenters. The molecule has 6 nitrogen and oxygen atoms in total. The van der Waals surface area contributed by atoms with Crippen molar-refractivity contribution in [3.63, 3.8) is 0 Å². The zero-order valence-electron chi connectivity index (χ0n) is 17.7. The van der Waals surface area contributed by atoms with Crippen molar-refractivity contribution in [2.45, 2.75) is 58.0 Å². The minimum atomic E-state index is 0. The standard InChI is InChI=1S/C22H33N5O.HI/c1-4-17(5-2)21-15-20(28-26-21)16-24-22(23-3)25-18-11-13-27(14-12-18)19-9-7-6-8-10-19;/h6-10,15,17-18H,4-5,11-14,16H2,1-3H3,(H2,23,24,25);1H. The fraction of sp³-hybridized carbons (Fsp3) is 0.545. The van der Waals surface area contributed by atoms with Crippen molar-refractivity contribution in [2.75, 3.05) is 25.0 Å².